The zero-order valence-corrected chi connectivity index (χ0v) is 23.0. The Morgan fingerprint density at radius 3 is 2.51 bits per heavy atom. The van der Waals surface area contributed by atoms with Crippen LogP contribution in [0.25, 0.3) is 11.3 Å². The number of carbonyl (C=O) groups excluding carboxylic acids is 3. The van der Waals surface area contributed by atoms with Gasteiger partial charge in [0.15, 0.2) is 5.78 Å². The number of nitrogens with zero attached hydrogens (tertiary/aromatic N) is 3. The molecule has 208 valence electrons. The molecule has 5 rings (SSSR count). The van der Waals surface area contributed by atoms with E-state index in [1.54, 1.807) is 65.5 Å². The van der Waals surface area contributed by atoms with Gasteiger partial charge in [0.1, 0.15) is 0 Å². The van der Waals surface area contributed by atoms with Gasteiger partial charge in [-0.25, -0.2) is 13.5 Å². The van der Waals surface area contributed by atoms with Crippen molar-refractivity contribution in [2.24, 2.45) is 0 Å². The lowest BCUT2D eigenvalue weighted by molar-refractivity contribution is -0.112. The lowest BCUT2D eigenvalue weighted by Crippen LogP contribution is -2.33. The van der Waals surface area contributed by atoms with Gasteiger partial charge in [0, 0.05) is 47.6 Å². The van der Waals surface area contributed by atoms with Crippen LogP contribution in [0.3, 0.4) is 0 Å². The molecule has 0 saturated carbocycles. The summed E-state index contributed by atoms with van der Waals surface area (Å²) in [5.74, 6) is -4.95. The molecule has 0 saturated heterocycles. The normalized spacial score (nSPS) is 15.2. The zero-order valence-electron chi connectivity index (χ0n) is 22.2. The number of rotatable bonds is 5. The van der Waals surface area contributed by atoms with E-state index >= 15 is 8.78 Å². The number of fused-ring (bicyclic) bond motifs is 1. The molecule has 4 aromatic rings. The second-order valence-corrected chi connectivity index (χ2v) is 10.1. The lowest BCUT2D eigenvalue weighted by atomic mass is 9.97. The van der Waals surface area contributed by atoms with Crippen molar-refractivity contribution < 1.29 is 23.2 Å². The minimum atomic E-state index is -3.42. The van der Waals surface area contributed by atoms with Gasteiger partial charge in [-0.05, 0) is 56.3 Å². The summed E-state index contributed by atoms with van der Waals surface area (Å²) in [6.07, 6.45) is 1.90. The molecule has 2 heterocycles. The van der Waals surface area contributed by atoms with Crippen molar-refractivity contribution in [1.82, 2.24) is 9.78 Å². The van der Waals surface area contributed by atoms with E-state index in [-0.39, 0.29) is 34.2 Å². The number of nitrogens with one attached hydrogen (secondary N) is 1. The number of hydrogen-bond acceptors (Lipinski definition) is 4. The molecular weight excluding hydrogens is 550 g/mol. The van der Waals surface area contributed by atoms with Crippen LogP contribution in [0.2, 0.25) is 5.02 Å². The van der Waals surface area contributed by atoms with Crippen LogP contribution in [0.15, 0.2) is 85.1 Å². The van der Waals surface area contributed by atoms with Crippen molar-refractivity contribution in [3.8, 4) is 5.69 Å². The monoisotopic (exact) mass is 574 g/mol. The first-order valence-corrected chi connectivity index (χ1v) is 13.2. The second kappa shape index (κ2) is 11.1. The molecule has 0 unspecified atom stereocenters. The van der Waals surface area contributed by atoms with Crippen molar-refractivity contribution in [3.05, 3.63) is 112 Å². The van der Waals surface area contributed by atoms with Gasteiger partial charge in [-0.2, -0.15) is 5.10 Å². The fourth-order valence-corrected chi connectivity index (χ4v) is 4.94. The molecule has 7 nitrogen and oxygen atoms in total. The average molecular weight is 575 g/mol. The summed E-state index contributed by atoms with van der Waals surface area (Å²) in [7, 11) is 0. The molecule has 1 aliphatic rings. The largest absolute Gasteiger partial charge is 0.322 e. The zero-order chi connectivity index (χ0) is 29.3. The van der Waals surface area contributed by atoms with Gasteiger partial charge in [-0.1, -0.05) is 41.9 Å². The van der Waals surface area contributed by atoms with E-state index in [4.69, 9.17) is 11.6 Å². The van der Waals surface area contributed by atoms with Gasteiger partial charge in [-0.3, -0.25) is 14.4 Å². The first-order valence-electron chi connectivity index (χ1n) is 12.8. The smallest absolute Gasteiger partial charge is 0.275 e. The van der Waals surface area contributed by atoms with Crippen LogP contribution in [0, 0.1) is 6.92 Å². The van der Waals surface area contributed by atoms with Gasteiger partial charge in [-0.15, -0.1) is 0 Å². The Hall–Kier alpha value is -4.63. The van der Waals surface area contributed by atoms with Crippen LogP contribution < -0.4 is 10.2 Å². The molecule has 0 aliphatic carbocycles. The van der Waals surface area contributed by atoms with Gasteiger partial charge >= 0.3 is 0 Å². The summed E-state index contributed by atoms with van der Waals surface area (Å²) in [6, 6.07) is 19.1. The highest BCUT2D eigenvalue weighted by Crippen LogP contribution is 2.43. The number of alkyl halides is 2. The molecule has 1 aliphatic heterocycles. The summed E-state index contributed by atoms with van der Waals surface area (Å²) in [6.45, 7) is 2.93. The molecule has 1 aromatic heterocycles. The van der Waals surface area contributed by atoms with Gasteiger partial charge < -0.3 is 10.2 Å². The van der Waals surface area contributed by atoms with E-state index in [1.165, 1.54) is 24.0 Å². The standard InChI is InChI=1S/C31H25ClF2N4O3/c1-19-12-14-38(36-19)23-10-11-25(27(32)17-23)30(41)37-15-13-31(33,34)26(24-8-3-4-9-28(24)37)18-29(40)35-22-7-5-6-21(16-22)20(2)39/h3-12,14,16-18H,13,15H2,1-2H3,(H,35,40). The Morgan fingerprint density at radius 2 is 1.80 bits per heavy atom. The highest BCUT2D eigenvalue weighted by atomic mass is 35.5. The van der Waals surface area contributed by atoms with Gasteiger partial charge in [0.25, 0.3) is 11.8 Å². The lowest BCUT2D eigenvalue weighted by Gasteiger charge is -2.23. The van der Waals surface area contributed by atoms with E-state index in [2.05, 4.69) is 10.4 Å². The van der Waals surface area contributed by atoms with Crippen LogP contribution in [0.5, 0.6) is 0 Å². The fraction of sp³-hybridized carbons (Fsp3) is 0.161. The Morgan fingerprint density at radius 1 is 1.02 bits per heavy atom. The molecule has 0 spiro atoms. The topological polar surface area (TPSA) is 84.3 Å². The highest BCUT2D eigenvalue weighted by molar-refractivity contribution is 6.34. The molecule has 1 N–H and O–H groups in total. The maximum atomic E-state index is 15.6. The third-order valence-corrected chi connectivity index (χ3v) is 7.07. The minimum Gasteiger partial charge on any atom is -0.322 e. The summed E-state index contributed by atoms with van der Waals surface area (Å²) < 4.78 is 32.8. The maximum Gasteiger partial charge on any atom is 0.275 e. The van der Waals surface area contributed by atoms with Crippen molar-refractivity contribution in [1.29, 1.82) is 0 Å². The average Bonchev–Trinajstić information content (AvgIpc) is 3.34. The van der Waals surface area contributed by atoms with Crippen molar-refractivity contribution in [2.45, 2.75) is 26.2 Å². The highest BCUT2D eigenvalue weighted by Gasteiger charge is 2.41. The van der Waals surface area contributed by atoms with Gasteiger partial charge in [0.2, 0.25) is 5.91 Å². The number of benzene rings is 3. The summed E-state index contributed by atoms with van der Waals surface area (Å²) in [5, 5.41) is 7.05. The van der Waals surface area contributed by atoms with Crippen LogP contribution >= 0.6 is 11.6 Å². The first-order chi connectivity index (χ1) is 19.5. The summed E-state index contributed by atoms with van der Waals surface area (Å²) >= 11 is 6.51. The Bertz CT molecular complexity index is 1710. The number of anilines is 2. The van der Waals surface area contributed by atoms with Crippen molar-refractivity contribution in [3.63, 3.8) is 0 Å². The van der Waals surface area contributed by atoms with Crippen LogP contribution in [-0.4, -0.2) is 39.8 Å². The number of hydrogen-bond donors (Lipinski definition) is 1. The number of halogens is 3. The Kier molecular flexibility index (Phi) is 7.55. The number of aromatic nitrogens is 2. The molecule has 3 aromatic carbocycles. The Balaban J connectivity index is 1.48. The van der Waals surface area contributed by atoms with E-state index in [1.807, 2.05) is 13.0 Å². The van der Waals surface area contributed by atoms with Crippen molar-refractivity contribution in [2.75, 3.05) is 16.8 Å². The van der Waals surface area contributed by atoms with Crippen LogP contribution in [0.1, 0.15) is 45.3 Å². The molecule has 0 fully saturated rings. The first kappa shape index (κ1) is 27.9. The number of para-hydroxylation sites is 1. The number of carbonyl (C=O) groups is 3. The molecule has 41 heavy (non-hydrogen) atoms. The Labute approximate surface area is 240 Å². The van der Waals surface area contributed by atoms with Crippen LogP contribution in [-0.2, 0) is 4.79 Å². The number of aryl methyl sites for hydroxylation is 1. The maximum absolute atomic E-state index is 15.6. The van der Waals surface area contributed by atoms with E-state index in [0.29, 0.717) is 16.9 Å². The number of ketones is 1. The SMILES string of the molecule is CC(=O)c1cccc(NC(=O)C=C2c3ccccc3N(C(=O)c3ccc(-n4ccc(C)n4)cc3Cl)CCC2(F)F)c1. The fourth-order valence-electron chi connectivity index (χ4n) is 4.69. The molecule has 10 heteroatoms. The number of Topliss-reactive ketones (excluding diaryl/α,β-unsaturated/α-hetero) is 1. The third kappa shape index (κ3) is 5.81. The van der Waals surface area contributed by atoms with Crippen LogP contribution in [0.4, 0.5) is 20.2 Å². The molecular formula is C31H25ClF2N4O3. The van der Waals surface area contributed by atoms with Crippen molar-refractivity contribution >= 4 is 46.1 Å². The quantitative estimate of drug-likeness (QED) is 0.211. The number of amides is 2. The number of allylic oxidation sites excluding steroid dienone is 1. The predicted octanol–water partition coefficient (Wildman–Crippen LogP) is 6.74. The summed E-state index contributed by atoms with van der Waals surface area (Å²) in [4.78, 5) is 39.5. The third-order valence-electron chi connectivity index (χ3n) is 6.76. The molecule has 0 bridgehead atoms. The minimum absolute atomic E-state index is 0.0516. The van der Waals surface area contributed by atoms with Gasteiger partial charge in [0.05, 0.1) is 27.7 Å². The second-order valence-electron chi connectivity index (χ2n) is 9.68. The van der Waals surface area contributed by atoms with E-state index in [0.717, 1.165) is 11.8 Å². The van der Waals surface area contributed by atoms with E-state index in [9.17, 15) is 14.4 Å². The summed E-state index contributed by atoms with van der Waals surface area (Å²) in [5.41, 5.74) is 2.04. The molecule has 2 amide bonds. The molecule has 0 radical (unpaired) electrons. The molecule has 0 atom stereocenters. The van der Waals surface area contributed by atoms with E-state index < -0.39 is 29.7 Å². The predicted molar refractivity (Wildman–Crippen MR) is 154 cm³/mol.